The SMILES string of the molecule is CCc1ccc(C2/C(=C(\O)c3cc(OC)ccc3OC)C(=O)C(=O)N2c2cccc(NC(C)=O)c2)cc1. The molecule has 190 valence electrons. The van der Waals surface area contributed by atoms with Crippen molar-refractivity contribution in [2.75, 3.05) is 24.4 Å². The zero-order valence-corrected chi connectivity index (χ0v) is 21.1. The van der Waals surface area contributed by atoms with E-state index in [-0.39, 0.29) is 22.8 Å². The van der Waals surface area contributed by atoms with Gasteiger partial charge in [-0.15, -0.1) is 0 Å². The number of aliphatic hydroxyl groups excluding tert-OH is 1. The summed E-state index contributed by atoms with van der Waals surface area (Å²) < 4.78 is 10.7. The lowest BCUT2D eigenvalue weighted by atomic mass is 9.94. The van der Waals surface area contributed by atoms with Crippen molar-refractivity contribution in [3.63, 3.8) is 0 Å². The molecule has 1 unspecified atom stereocenters. The van der Waals surface area contributed by atoms with Crippen molar-refractivity contribution in [2.45, 2.75) is 26.3 Å². The van der Waals surface area contributed by atoms with Gasteiger partial charge in [0.25, 0.3) is 11.7 Å². The van der Waals surface area contributed by atoms with Crippen molar-refractivity contribution in [2.24, 2.45) is 0 Å². The average Bonchev–Trinajstić information content (AvgIpc) is 3.17. The number of carbonyl (C=O) groups is 3. The summed E-state index contributed by atoms with van der Waals surface area (Å²) in [5.74, 6) is -1.51. The fourth-order valence-corrected chi connectivity index (χ4v) is 4.43. The van der Waals surface area contributed by atoms with Crippen LogP contribution >= 0.6 is 0 Å². The lowest BCUT2D eigenvalue weighted by Crippen LogP contribution is -2.29. The second kappa shape index (κ2) is 10.6. The molecule has 4 rings (SSSR count). The molecule has 1 aliphatic heterocycles. The van der Waals surface area contributed by atoms with Gasteiger partial charge < -0.3 is 19.9 Å². The van der Waals surface area contributed by atoms with Crippen LogP contribution in [-0.4, -0.2) is 36.9 Å². The molecule has 1 saturated heterocycles. The Balaban J connectivity index is 1.95. The topological polar surface area (TPSA) is 105 Å². The van der Waals surface area contributed by atoms with Gasteiger partial charge >= 0.3 is 0 Å². The number of hydrogen-bond acceptors (Lipinski definition) is 6. The molecule has 8 nitrogen and oxygen atoms in total. The van der Waals surface area contributed by atoms with Crippen LogP contribution in [0.1, 0.15) is 36.6 Å². The van der Waals surface area contributed by atoms with Crippen molar-refractivity contribution < 1.29 is 29.0 Å². The van der Waals surface area contributed by atoms with Crippen molar-refractivity contribution in [1.82, 2.24) is 0 Å². The molecule has 1 heterocycles. The lowest BCUT2D eigenvalue weighted by Gasteiger charge is -2.26. The van der Waals surface area contributed by atoms with Crippen LogP contribution in [0.2, 0.25) is 0 Å². The number of anilines is 2. The van der Waals surface area contributed by atoms with Gasteiger partial charge in [-0.2, -0.15) is 0 Å². The molecule has 2 N–H and O–H groups in total. The maximum absolute atomic E-state index is 13.5. The fourth-order valence-electron chi connectivity index (χ4n) is 4.43. The van der Waals surface area contributed by atoms with E-state index < -0.39 is 17.7 Å². The summed E-state index contributed by atoms with van der Waals surface area (Å²) >= 11 is 0. The molecule has 2 amide bonds. The number of ether oxygens (including phenoxy) is 2. The van der Waals surface area contributed by atoms with E-state index in [1.807, 2.05) is 31.2 Å². The fraction of sp³-hybridized carbons (Fsp3) is 0.207. The summed E-state index contributed by atoms with van der Waals surface area (Å²) in [5.41, 5.74) is 2.75. The van der Waals surface area contributed by atoms with E-state index in [1.54, 1.807) is 42.5 Å². The zero-order valence-electron chi connectivity index (χ0n) is 21.1. The molecule has 0 spiro atoms. The van der Waals surface area contributed by atoms with Gasteiger partial charge in [0.05, 0.1) is 31.4 Å². The summed E-state index contributed by atoms with van der Waals surface area (Å²) in [5, 5.41) is 14.2. The minimum atomic E-state index is -0.922. The van der Waals surface area contributed by atoms with E-state index in [2.05, 4.69) is 5.32 Å². The second-order valence-corrected chi connectivity index (χ2v) is 8.56. The maximum Gasteiger partial charge on any atom is 0.300 e. The number of methoxy groups -OCH3 is 2. The molecule has 1 fully saturated rings. The summed E-state index contributed by atoms with van der Waals surface area (Å²) in [6.07, 6.45) is 0.820. The molecular formula is C29H28N2O6. The summed E-state index contributed by atoms with van der Waals surface area (Å²) in [4.78, 5) is 39.9. The predicted molar refractivity (Wildman–Crippen MR) is 141 cm³/mol. The van der Waals surface area contributed by atoms with Crippen LogP contribution in [0.25, 0.3) is 5.76 Å². The highest BCUT2D eigenvalue weighted by molar-refractivity contribution is 6.51. The van der Waals surface area contributed by atoms with E-state index >= 15 is 0 Å². The predicted octanol–water partition coefficient (Wildman–Crippen LogP) is 4.85. The third-order valence-corrected chi connectivity index (χ3v) is 6.25. The number of nitrogens with zero attached hydrogens (tertiary/aromatic N) is 1. The molecule has 1 atom stereocenters. The third-order valence-electron chi connectivity index (χ3n) is 6.25. The number of ketones is 1. The smallest absolute Gasteiger partial charge is 0.300 e. The van der Waals surface area contributed by atoms with Gasteiger partial charge in [-0.25, -0.2) is 0 Å². The van der Waals surface area contributed by atoms with Gasteiger partial charge in [0.1, 0.15) is 17.3 Å². The molecular weight excluding hydrogens is 472 g/mol. The highest BCUT2D eigenvalue weighted by atomic mass is 16.5. The third kappa shape index (κ3) is 4.91. The molecule has 8 heteroatoms. The van der Waals surface area contributed by atoms with Gasteiger partial charge in [-0.1, -0.05) is 37.3 Å². The minimum absolute atomic E-state index is 0.0780. The molecule has 0 saturated carbocycles. The van der Waals surface area contributed by atoms with E-state index in [0.29, 0.717) is 28.4 Å². The number of aryl methyl sites for hydroxylation is 1. The largest absolute Gasteiger partial charge is 0.507 e. The number of carbonyl (C=O) groups excluding carboxylic acids is 3. The van der Waals surface area contributed by atoms with Crippen molar-refractivity contribution >= 4 is 34.7 Å². The summed E-state index contributed by atoms with van der Waals surface area (Å²) in [7, 11) is 2.94. The van der Waals surface area contributed by atoms with E-state index in [9.17, 15) is 19.5 Å². The standard InChI is InChI=1S/C29H28N2O6/c1-5-18-9-11-19(12-10-18)26-25(27(33)23-16-22(36-3)13-14-24(23)37-4)28(34)29(35)31(26)21-8-6-7-20(15-21)30-17(2)32/h6-16,26,33H,5H2,1-4H3,(H,30,32)/b27-25+. The van der Waals surface area contributed by atoms with E-state index in [4.69, 9.17) is 9.47 Å². The van der Waals surface area contributed by atoms with Gasteiger partial charge in [0.2, 0.25) is 5.91 Å². The first-order valence-corrected chi connectivity index (χ1v) is 11.8. The highest BCUT2D eigenvalue weighted by Gasteiger charge is 2.47. The zero-order chi connectivity index (χ0) is 26.7. The second-order valence-electron chi connectivity index (χ2n) is 8.56. The van der Waals surface area contributed by atoms with Gasteiger partial charge in [0.15, 0.2) is 0 Å². The molecule has 3 aromatic carbocycles. The molecule has 0 bridgehead atoms. The number of Topliss-reactive ketones (excluding diaryl/α,β-unsaturated/α-hetero) is 1. The number of aliphatic hydroxyl groups is 1. The normalized spacial score (nSPS) is 16.5. The molecule has 0 aliphatic carbocycles. The quantitative estimate of drug-likeness (QED) is 0.273. The van der Waals surface area contributed by atoms with Gasteiger partial charge in [-0.05, 0) is 53.9 Å². The summed E-state index contributed by atoms with van der Waals surface area (Å²) in [6, 6.07) is 18.1. The van der Waals surface area contributed by atoms with Crippen molar-refractivity contribution in [1.29, 1.82) is 0 Å². The Labute approximate surface area is 215 Å². The number of rotatable bonds is 7. The van der Waals surface area contributed by atoms with E-state index in [0.717, 1.165) is 12.0 Å². The van der Waals surface area contributed by atoms with Crippen LogP contribution in [-0.2, 0) is 20.8 Å². The Hall–Kier alpha value is -4.59. The van der Waals surface area contributed by atoms with Crippen molar-refractivity contribution in [3.05, 3.63) is 89.0 Å². The van der Waals surface area contributed by atoms with Crippen LogP contribution in [0.5, 0.6) is 11.5 Å². The molecule has 0 aromatic heterocycles. The number of hydrogen-bond donors (Lipinski definition) is 2. The molecule has 1 aliphatic rings. The monoisotopic (exact) mass is 500 g/mol. The molecule has 0 radical (unpaired) electrons. The Kier molecular flexibility index (Phi) is 7.29. The van der Waals surface area contributed by atoms with Crippen LogP contribution in [0.15, 0.2) is 72.3 Å². The van der Waals surface area contributed by atoms with Crippen LogP contribution in [0.3, 0.4) is 0 Å². The molecule has 3 aromatic rings. The van der Waals surface area contributed by atoms with Gasteiger partial charge in [-0.3, -0.25) is 19.3 Å². The van der Waals surface area contributed by atoms with Crippen LogP contribution < -0.4 is 19.7 Å². The first-order valence-electron chi connectivity index (χ1n) is 11.8. The minimum Gasteiger partial charge on any atom is -0.507 e. The number of nitrogens with one attached hydrogen (secondary N) is 1. The highest BCUT2D eigenvalue weighted by Crippen LogP contribution is 2.44. The van der Waals surface area contributed by atoms with Crippen LogP contribution in [0, 0.1) is 0 Å². The van der Waals surface area contributed by atoms with E-state index in [1.165, 1.54) is 26.0 Å². The average molecular weight is 501 g/mol. The molecule has 37 heavy (non-hydrogen) atoms. The summed E-state index contributed by atoms with van der Waals surface area (Å²) in [6.45, 7) is 3.42. The Morgan fingerprint density at radius 3 is 2.35 bits per heavy atom. The Morgan fingerprint density at radius 2 is 1.73 bits per heavy atom. The Bertz CT molecular complexity index is 1390. The van der Waals surface area contributed by atoms with Gasteiger partial charge in [0, 0.05) is 18.3 Å². The lowest BCUT2D eigenvalue weighted by molar-refractivity contribution is -0.132. The number of amides is 2. The Morgan fingerprint density at radius 1 is 1.00 bits per heavy atom. The van der Waals surface area contributed by atoms with Crippen molar-refractivity contribution in [3.8, 4) is 11.5 Å². The maximum atomic E-state index is 13.5. The van der Waals surface area contributed by atoms with Crippen LogP contribution in [0.4, 0.5) is 11.4 Å². The number of benzene rings is 3. The first kappa shape index (κ1) is 25.5. The first-order chi connectivity index (χ1) is 17.8.